The Labute approximate surface area is 143 Å². The van der Waals surface area contributed by atoms with Crippen LogP contribution in [0.15, 0.2) is 23.1 Å². The van der Waals surface area contributed by atoms with Crippen molar-refractivity contribution in [2.24, 2.45) is 0 Å². The molecule has 1 unspecified atom stereocenters. The molecule has 126 valence electrons. The van der Waals surface area contributed by atoms with Gasteiger partial charge in [-0.25, -0.2) is 9.97 Å². The molecule has 0 fully saturated rings. The van der Waals surface area contributed by atoms with E-state index in [0.717, 1.165) is 16.6 Å². The number of pyridine rings is 1. The van der Waals surface area contributed by atoms with Crippen LogP contribution in [0.4, 0.5) is 0 Å². The molecule has 0 aromatic carbocycles. The SMILES string of the molecule is CCc1nc2c(sc3ncccc32)c(=O)n1CC(=O)NC(C)CC. The lowest BCUT2D eigenvalue weighted by Crippen LogP contribution is -2.38. The quantitative estimate of drug-likeness (QED) is 0.771. The number of hydrogen-bond acceptors (Lipinski definition) is 5. The van der Waals surface area contributed by atoms with Crippen molar-refractivity contribution >= 4 is 37.7 Å². The summed E-state index contributed by atoms with van der Waals surface area (Å²) in [6.07, 6.45) is 3.14. The predicted molar refractivity (Wildman–Crippen MR) is 96.5 cm³/mol. The Morgan fingerprint density at radius 2 is 2.21 bits per heavy atom. The number of rotatable bonds is 5. The van der Waals surface area contributed by atoms with Gasteiger partial charge in [0.2, 0.25) is 5.91 Å². The van der Waals surface area contributed by atoms with Crippen LogP contribution in [-0.4, -0.2) is 26.5 Å². The molecule has 0 aliphatic carbocycles. The van der Waals surface area contributed by atoms with E-state index >= 15 is 0 Å². The highest BCUT2D eigenvalue weighted by atomic mass is 32.1. The Balaban J connectivity index is 2.10. The molecule has 3 aromatic heterocycles. The summed E-state index contributed by atoms with van der Waals surface area (Å²) >= 11 is 1.33. The Morgan fingerprint density at radius 3 is 2.92 bits per heavy atom. The van der Waals surface area contributed by atoms with Gasteiger partial charge in [-0.3, -0.25) is 14.2 Å². The number of aromatic nitrogens is 3. The maximum absolute atomic E-state index is 12.9. The summed E-state index contributed by atoms with van der Waals surface area (Å²) in [4.78, 5) is 34.8. The maximum atomic E-state index is 12.9. The fourth-order valence-electron chi connectivity index (χ4n) is 2.60. The van der Waals surface area contributed by atoms with E-state index in [0.29, 0.717) is 22.5 Å². The van der Waals surface area contributed by atoms with Gasteiger partial charge in [0.1, 0.15) is 21.9 Å². The summed E-state index contributed by atoms with van der Waals surface area (Å²) in [6.45, 7) is 5.88. The first-order chi connectivity index (χ1) is 11.5. The minimum atomic E-state index is -0.167. The number of nitrogens with zero attached hydrogens (tertiary/aromatic N) is 3. The van der Waals surface area contributed by atoms with Gasteiger partial charge < -0.3 is 5.32 Å². The van der Waals surface area contributed by atoms with Gasteiger partial charge in [-0.2, -0.15) is 0 Å². The van der Waals surface area contributed by atoms with Gasteiger partial charge in [-0.1, -0.05) is 13.8 Å². The Kier molecular flexibility index (Phi) is 4.62. The highest BCUT2D eigenvalue weighted by molar-refractivity contribution is 7.25. The summed E-state index contributed by atoms with van der Waals surface area (Å²) < 4.78 is 2.03. The second-order valence-electron chi connectivity index (χ2n) is 5.79. The van der Waals surface area contributed by atoms with Gasteiger partial charge in [-0.05, 0) is 25.5 Å². The molecule has 0 saturated carbocycles. The molecule has 3 aromatic rings. The van der Waals surface area contributed by atoms with Crippen molar-refractivity contribution in [1.29, 1.82) is 0 Å². The Bertz CT molecular complexity index is 960. The topological polar surface area (TPSA) is 76.9 Å². The van der Waals surface area contributed by atoms with Crippen LogP contribution in [0.3, 0.4) is 0 Å². The molecule has 0 aliphatic rings. The molecular formula is C17H20N4O2S. The normalized spacial score (nSPS) is 12.6. The maximum Gasteiger partial charge on any atom is 0.272 e. The smallest absolute Gasteiger partial charge is 0.272 e. The lowest BCUT2D eigenvalue weighted by Gasteiger charge is -2.14. The van der Waals surface area contributed by atoms with E-state index in [1.807, 2.05) is 32.9 Å². The molecule has 1 N–H and O–H groups in total. The summed E-state index contributed by atoms with van der Waals surface area (Å²) in [6, 6.07) is 3.85. The Morgan fingerprint density at radius 1 is 1.42 bits per heavy atom. The first-order valence-electron chi connectivity index (χ1n) is 8.11. The highest BCUT2D eigenvalue weighted by Gasteiger charge is 2.17. The zero-order valence-electron chi connectivity index (χ0n) is 14.0. The van der Waals surface area contributed by atoms with Crippen molar-refractivity contribution < 1.29 is 4.79 Å². The van der Waals surface area contributed by atoms with Gasteiger partial charge in [0.25, 0.3) is 5.56 Å². The zero-order chi connectivity index (χ0) is 17.3. The fraction of sp³-hybridized carbons (Fsp3) is 0.412. The molecule has 6 nitrogen and oxygen atoms in total. The van der Waals surface area contributed by atoms with Crippen molar-refractivity contribution in [3.8, 4) is 0 Å². The van der Waals surface area contributed by atoms with Gasteiger partial charge >= 0.3 is 0 Å². The van der Waals surface area contributed by atoms with Gasteiger partial charge in [0, 0.05) is 24.0 Å². The zero-order valence-corrected chi connectivity index (χ0v) is 14.8. The van der Waals surface area contributed by atoms with Crippen LogP contribution in [0.5, 0.6) is 0 Å². The van der Waals surface area contributed by atoms with Crippen LogP contribution >= 0.6 is 11.3 Å². The van der Waals surface area contributed by atoms with E-state index in [1.54, 1.807) is 6.20 Å². The van der Waals surface area contributed by atoms with E-state index in [4.69, 9.17) is 0 Å². The van der Waals surface area contributed by atoms with Crippen molar-refractivity contribution in [2.45, 2.75) is 46.2 Å². The predicted octanol–water partition coefficient (Wildman–Crippen LogP) is 2.48. The van der Waals surface area contributed by atoms with Gasteiger partial charge in [0.05, 0.1) is 5.52 Å². The fourth-order valence-corrected chi connectivity index (χ4v) is 3.64. The number of carbonyl (C=O) groups is 1. The molecule has 0 spiro atoms. The molecule has 0 bridgehead atoms. The van der Waals surface area contributed by atoms with Gasteiger partial charge in [0.15, 0.2) is 0 Å². The molecule has 1 atom stereocenters. The standard InChI is InChI=1S/C17H20N4O2S/c1-4-10(3)19-13(22)9-21-12(5-2)20-14-11-7-6-8-18-16(11)24-15(14)17(21)23/h6-8,10H,4-5,9H2,1-3H3,(H,19,22). The summed E-state index contributed by atoms with van der Waals surface area (Å²) in [5, 5.41) is 3.79. The number of carbonyl (C=O) groups excluding carboxylic acids is 1. The number of nitrogens with one attached hydrogen (secondary N) is 1. The van der Waals surface area contributed by atoms with Crippen LogP contribution in [0.2, 0.25) is 0 Å². The van der Waals surface area contributed by atoms with Crippen LogP contribution in [0.25, 0.3) is 20.4 Å². The number of amides is 1. The molecule has 7 heteroatoms. The van der Waals surface area contributed by atoms with Crippen LogP contribution in [-0.2, 0) is 17.8 Å². The highest BCUT2D eigenvalue weighted by Crippen LogP contribution is 2.28. The van der Waals surface area contributed by atoms with Crippen molar-refractivity contribution in [3.63, 3.8) is 0 Å². The average molecular weight is 344 g/mol. The monoisotopic (exact) mass is 344 g/mol. The molecule has 24 heavy (non-hydrogen) atoms. The van der Waals surface area contributed by atoms with Crippen LogP contribution in [0.1, 0.15) is 33.0 Å². The van der Waals surface area contributed by atoms with Crippen molar-refractivity contribution in [2.75, 3.05) is 0 Å². The third-order valence-corrected chi connectivity index (χ3v) is 5.16. The minimum absolute atomic E-state index is 0.00302. The minimum Gasteiger partial charge on any atom is -0.352 e. The number of hydrogen-bond donors (Lipinski definition) is 1. The molecule has 3 rings (SSSR count). The molecule has 1 amide bonds. The second kappa shape index (κ2) is 6.68. The molecule has 3 heterocycles. The Hall–Kier alpha value is -2.28. The third-order valence-electron chi connectivity index (χ3n) is 4.07. The van der Waals surface area contributed by atoms with Crippen LogP contribution in [0, 0.1) is 0 Å². The summed E-state index contributed by atoms with van der Waals surface area (Å²) in [7, 11) is 0. The first kappa shape index (κ1) is 16.6. The van der Waals surface area contributed by atoms with E-state index in [9.17, 15) is 9.59 Å². The van der Waals surface area contributed by atoms with E-state index in [2.05, 4.69) is 15.3 Å². The largest absolute Gasteiger partial charge is 0.352 e. The van der Waals surface area contributed by atoms with Crippen molar-refractivity contribution in [1.82, 2.24) is 19.9 Å². The number of thiophene rings is 1. The molecule has 0 aliphatic heterocycles. The lowest BCUT2D eigenvalue weighted by atomic mass is 10.2. The summed E-state index contributed by atoms with van der Waals surface area (Å²) in [5.74, 6) is 0.455. The molecule has 0 radical (unpaired) electrons. The number of fused-ring (bicyclic) bond motifs is 3. The molecule has 0 saturated heterocycles. The summed E-state index contributed by atoms with van der Waals surface area (Å²) in [5.41, 5.74) is 0.516. The van der Waals surface area contributed by atoms with Crippen molar-refractivity contribution in [3.05, 3.63) is 34.5 Å². The first-order valence-corrected chi connectivity index (χ1v) is 8.93. The van der Waals surface area contributed by atoms with E-state index in [1.165, 1.54) is 15.9 Å². The lowest BCUT2D eigenvalue weighted by molar-refractivity contribution is -0.122. The third kappa shape index (κ3) is 2.91. The van der Waals surface area contributed by atoms with Gasteiger partial charge in [-0.15, -0.1) is 11.3 Å². The second-order valence-corrected chi connectivity index (χ2v) is 6.78. The van der Waals surface area contributed by atoms with E-state index < -0.39 is 0 Å². The van der Waals surface area contributed by atoms with Crippen LogP contribution < -0.4 is 10.9 Å². The van der Waals surface area contributed by atoms with E-state index in [-0.39, 0.29) is 24.1 Å². The average Bonchev–Trinajstić information content (AvgIpc) is 2.96. The number of aryl methyl sites for hydroxylation is 1. The molecular weight excluding hydrogens is 324 g/mol.